The number of thioether (sulfide) groups is 1. The van der Waals surface area contributed by atoms with Gasteiger partial charge in [-0.3, -0.25) is 0 Å². The zero-order valence-corrected chi connectivity index (χ0v) is 11.3. The number of nitrogens with one attached hydrogen (secondary N) is 1. The summed E-state index contributed by atoms with van der Waals surface area (Å²) in [7, 11) is 0. The fourth-order valence-electron chi connectivity index (χ4n) is 2.03. The predicted molar refractivity (Wildman–Crippen MR) is 72.2 cm³/mol. The summed E-state index contributed by atoms with van der Waals surface area (Å²) >= 11 is 3.52. The van der Waals surface area contributed by atoms with Crippen molar-refractivity contribution in [2.45, 2.75) is 30.4 Å². The molecule has 1 aliphatic rings. The van der Waals surface area contributed by atoms with Gasteiger partial charge < -0.3 is 11.1 Å². The van der Waals surface area contributed by atoms with Gasteiger partial charge in [-0.25, -0.2) is 4.98 Å². The summed E-state index contributed by atoms with van der Waals surface area (Å²) in [4.78, 5) is 4.24. The first-order valence-corrected chi connectivity index (χ1v) is 7.62. The second-order valence-electron chi connectivity index (χ2n) is 4.27. The average molecular weight is 257 g/mol. The molecular formula is C11H19N3S2. The van der Waals surface area contributed by atoms with Crippen LogP contribution < -0.4 is 11.1 Å². The van der Waals surface area contributed by atoms with Gasteiger partial charge in [-0.1, -0.05) is 11.3 Å². The molecule has 16 heavy (non-hydrogen) atoms. The number of nitrogens with zero attached hydrogens (tertiary/aromatic N) is 1. The number of aromatic nitrogens is 1. The minimum Gasteiger partial charge on any atom is -0.375 e. The fourth-order valence-corrected chi connectivity index (χ4v) is 4.22. The van der Waals surface area contributed by atoms with Crippen LogP contribution in [0, 0.1) is 12.8 Å². The number of hydrogen-bond acceptors (Lipinski definition) is 5. The van der Waals surface area contributed by atoms with Gasteiger partial charge in [0.15, 0.2) is 5.13 Å². The molecule has 2 rings (SSSR count). The zero-order chi connectivity index (χ0) is 11.4. The number of nitrogens with two attached hydrogens (primary N) is 1. The number of nitrogen functional groups attached to an aromatic ring is 1. The van der Waals surface area contributed by atoms with E-state index >= 15 is 0 Å². The van der Waals surface area contributed by atoms with E-state index in [-0.39, 0.29) is 0 Å². The van der Waals surface area contributed by atoms with Gasteiger partial charge in [-0.15, -0.1) is 11.8 Å². The SMILES string of the molecule is Cc1nc(N)sc1SCCC1CCCNC1. The van der Waals surface area contributed by atoms with E-state index in [4.69, 9.17) is 5.73 Å². The van der Waals surface area contributed by atoms with Gasteiger partial charge in [-0.05, 0) is 50.9 Å². The van der Waals surface area contributed by atoms with E-state index in [2.05, 4.69) is 10.3 Å². The van der Waals surface area contributed by atoms with Crippen LogP contribution in [0.25, 0.3) is 0 Å². The summed E-state index contributed by atoms with van der Waals surface area (Å²) in [6.45, 7) is 4.44. The Kier molecular flexibility index (Phi) is 4.49. The van der Waals surface area contributed by atoms with Crippen LogP contribution in [0.4, 0.5) is 5.13 Å². The molecular weight excluding hydrogens is 238 g/mol. The van der Waals surface area contributed by atoms with Crippen LogP contribution in [0.5, 0.6) is 0 Å². The highest BCUT2D eigenvalue weighted by Crippen LogP contribution is 2.31. The van der Waals surface area contributed by atoms with Crippen molar-refractivity contribution in [2.75, 3.05) is 24.6 Å². The maximum Gasteiger partial charge on any atom is 0.181 e. The van der Waals surface area contributed by atoms with Gasteiger partial charge in [0.05, 0.1) is 9.90 Å². The molecule has 1 saturated heterocycles. The lowest BCUT2D eigenvalue weighted by Crippen LogP contribution is -2.29. The van der Waals surface area contributed by atoms with E-state index in [0.717, 1.165) is 11.6 Å². The van der Waals surface area contributed by atoms with Crippen LogP contribution in [0.1, 0.15) is 25.0 Å². The Hall–Kier alpha value is -0.260. The predicted octanol–water partition coefficient (Wildman–Crippen LogP) is 2.52. The van der Waals surface area contributed by atoms with Crippen LogP contribution >= 0.6 is 23.1 Å². The molecule has 1 aromatic heterocycles. The molecule has 0 radical (unpaired) electrons. The number of anilines is 1. The van der Waals surface area contributed by atoms with Crippen molar-refractivity contribution in [1.29, 1.82) is 0 Å². The van der Waals surface area contributed by atoms with Gasteiger partial charge >= 0.3 is 0 Å². The van der Waals surface area contributed by atoms with E-state index in [9.17, 15) is 0 Å². The van der Waals surface area contributed by atoms with Gasteiger partial charge in [0, 0.05) is 0 Å². The standard InChI is InChI=1S/C11H19N3S2/c1-8-10(16-11(12)14-8)15-6-4-9-3-2-5-13-7-9/h9,13H,2-7H2,1H3,(H2,12,14). The maximum atomic E-state index is 5.68. The molecule has 1 fully saturated rings. The molecule has 1 aromatic rings. The Morgan fingerprint density at radius 2 is 2.50 bits per heavy atom. The van der Waals surface area contributed by atoms with Crippen molar-refractivity contribution in [1.82, 2.24) is 10.3 Å². The van der Waals surface area contributed by atoms with Crippen molar-refractivity contribution < 1.29 is 0 Å². The minimum absolute atomic E-state index is 0.694. The van der Waals surface area contributed by atoms with Gasteiger partial charge in [0.1, 0.15) is 0 Å². The molecule has 1 atom stereocenters. The second kappa shape index (κ2) is 5.89. The van der Waals surface area contributed by atoms with E-state index in [0.29, 0.717) is 5.13 Å². The Labute approximate surface area is 105 Å². The summed E-state index contributed by atoms with van der Waals surface area (Å²) in [5.41, 5.74) is 6.77. The molecule has 1 unspecified atom stereocenters. The Morgan fingerprint density at radius 1 is 1.62 bits per heavy atom. The molecule has 0 bridgehead atoms. The zero-order valence-electron chi connectivity index (χ0n) is 9.66. The quantitative estimate of drug-likeness (QED) is 0.814. The lowest BCUT2D eigenvalue weighted by atomic mass is 9.97. The highest BCUT2D eigenvalue weighted by atomic mass is 32.2. The van der Waals surface area contributed by atoms with Crippen molar-refractivity contribution >= 4 is 28.2 Å². The first-order chi connectivity index (χ1) is 7.75. The van der Waals surface area contributed by atoms with Crippen molar-refractivity contribution in [3.63, 3.8) is 0 Å². The third-order valence-corrected chi connectivity index (χ3v) is 5.31. The summed E-state index contributed by atoms with van der Waals surface area (Å²) < 4.78 is 1.29. The molecule has 0 spiro atoms. The average Bonchev–Trinajstić information content (AvgIpc) is 2.59. The number of aryl methyl sites for hydroxylation is 1. The highest BCUT2D eigenvalue weighted by molar-refractivity contribution is 8.01. The molecule has 3 nitrogen and oxygen atoms in total. The molecule has 0 saturated carbocycles. The summed E-state index contributed by atoms with van der Waals surface area (Å²) in [5.74, 6) is 2.06. The normalized spacial score (nSPS) is 21.2. The second-order valence-corrected chi connectivity index (χ2v) is 6.67. The van der Waals surface area contributed by atoms with Crippen LogP contribution in [-0.2, 0) is 0 Å². The van der Waals surface area contributed by atoms with Crippen molar-refractivity contribution in [3.05, 3.63) is 5.69 Å². The number of piperidine rings is 1. The summed E-state index contributed by atoms with van der Waals surface area (Å²) in [6.07, 6.45) is 4.02. The van der Waals surface area contributed by atoms with Crippen LogP contribution in [-0.4, -0.2) is 23.8 Å². The van der Waals surface area contributed by atoms with E-state index in [1.807, 2.05) is 18.7 Å². The first-order valence-electron chi connectivity index (χ1n) is 5.82. The van der Waals surface area contributed by atoms with Crippen LogP contribution in [0.2, 0.25) is 0 Å². The van der Waals surface area contributed by atoms with Crippen molar-refractivity contribution in [3.8, 4) is 0 Å². The number of hydrogen-bond donors (Lipinski definition) is 2. The van der Waals surface area contributed by atoms with Gasteiger partial charge in [0.25, 0.3) is 0 Å². The number of rotatable bonds is 4. The molecule has 5 heteroatoms. The van der Waals surface area contributed by atoms with Crippen molar-refractivity contribution in [2.24, 2.45) is 5.92 Å². The first kappa shape index (κ1) is 12.2. The van der Waals surface area contributed by atoms with E-state index < -0.39 is 0 Å². The molecule has 0 aliphatic carbocycles. The monoisotopic (exact) mass is 257 g/mol. The lowest BCUT2D eigenvalue weighted by molar-refractivity contribution is 0.371. The smallest absolute Gasteiger partial charge is 0.181 e. The van der Waals surface area contributed by atoms with E-state index in [1.165, 1.54) is 42.3 Å². The molecule has 3 N–H and O–H groups in total. The number of thiazole rings is 1. The summed E-state index contributed by atoms with van der Waals surface area (Å²) in [6, 6.07) is 0. The Bertz CT molecular complexity index is 332. The topological polar surface area (TPSA) is 50.9 Å². The highest BCUT2D eigenvalue weighted by Gasteiger charge is 2.13. The molecule has 0 amide bonds. The van der Waals surface area contributed by atoms with Crippen LogP contribution in [0.15, 0.2) is 4.21 Å². The third kappa shape index (κ3) is 3.37. The maximum absolute atomic E-state index is 5.68. The third-order valence-electron chi connectivity index (χ3n) is 2.93. The van der Waals surface area contributed by atoms with Gasteiger partial charge in [0.2, 0.25) is 0 Å². The van der Waals surface area contributed by atoms with Gasteiger partial charge in [-0.2, -0.15) is 0 Å². The largest absolute Gasteiger partial charge is 0.375 e. The summed E-state index contributed by atoms with van der Waals surface area (Å²) in [5, 5.41) is 4.15. The molecule has 0 aromatic carbocycles. The van der Waals surface area contributed by atoms with E-state index in [1.54, 1.807) is 11.3 Å². The molecule has 1 aliphatic heterocycles. The fraction of sp³-hybridized carbons (Fsp3) is 0.727. The minimum atomic E-state index is 0.694. The van der Waals surface area contributed by atoms with Crippen LogP contribution in [0.3, 0.4) is 0 Å². The Morgan fingerprint density at radius 3 is 3.12 bits per heavy atom. The lowest BCUT2D eigenvalue weighted by Gasteiger charge is -2.22. The molecule has 90 valence electrons. The Balaban J connectivity index is 1.73. The molecule has 2 heterocycles.